The van der Waals surface area contributed by atoms with E-state index in [1.54, 1.807) is 0 Å². The largest absolute Gasteiger partial charge is 0.315 e. The molecule has 0 saturated heterocycles. The lowest BCUT2D eigenvalue weighted by Gasteiger charge is -2.45. The van der Waals surface area contributed by atoms with Crippen molar-refractivity contribution < 1.29 is 0 Å². The summed E-state index contributed by atoms with van der Waals surface area (Å²) in [6.07, 6.45) is 10.7. The highest BCUT2D eigenvalue weighted by Crippen LogP contribution is 2.41. The average Bonchev–Trinajstić information content (AvgIpc) is 2.59. The SMILES string of the molecule is CC(C)NCCCCCN(C)C1(c2ccccc2)CCCCC1. The first-order valence-electron chi connectivity index (χ1n) is 9.65. The maximum Gasteiger partial charge on any atom is 0.0457 e. The van der Waals surface area contributed by atoms with Crippen molar-refractivity contribution in [1.29, 1.82) is 0 Å². The van der Waals surface area contributed by atoms with Gasteiger partial charge in [-0.3, -0.25) is 4.90 Å². The smallest absolute Gasteiger partial charge is 0.0457 e. The third kappa shape index (κ3) is 5.32. The van der Waals surface area contributed by atoms with Gasteiger partial charge in [0, 0.05) is 11.6 Å². The minimum absolute atomic E-state index is 0.287. The van der Waals surface area contributed by atoms with Crippen LogP contribution in [-0.4, -0.2) is 31.1 Å². The van der Waals surface area contributed by atoms with E-state index in [2.05, 4.69) is 61.4 Å². The van der Waals surface area contributed by atoms with Gasteiger partial charge in [-0.2, -0.15) is 0 Å². The second-order valence-corrected chi connectivity index (χ2v) is 7.55. The predicted molar refractivity (Wildman–Crippen MR) is 101 cm³/mol. The summed E-state index contributed by atoms with van der Waals surface area (Å²) in [6.45, 7) is 6.82. The molecule has 2 nitrogen and oxygen atoms in total. The van der Waals surface area contributed by atoms with Gasteiger partial charge in [0.25, 0.3) is 0 Å². The van der Waals surface area contributed by atoms with Crippen molar-refractivity contribution in [2.45, 2.75) is 76.8 Å². The van der Waals surface area contributed by atoms with Crippen LogP contribution in [-0.2, 0) is 5.54 Å². The Bertz CT molecular complexity index is 421. The summed E-state index contributed by atoms with van der Waals surface area (Å²) in [5, 5.41) is 3.52. The van der Waals surface area contributed by atoms with Gasteiger partial charge in [-0.1, -0.05) is 69.9 Å². The van der Waals surface area contributed by atoms with Gasteiger partial charge in [-0.25, -0.2) is 0 Å². The van der Waals surface area contributed by atoms with E-state index in [1.807, 2.05) is 0 Å². The van der Waals surface area contributed by atoms with Gasteiger partial charge in [0.1, 0.15) is 0 Å². The molecule has 0 aliphatic heterocycles. The molecule has 0 unspecified atom stereocenters. The molecule has 1 aromatic carbocycles. The van der Waals surface area contributed by atoms with Crippen LogP contribution in [0.3, 0.4) is 0 Å². The van der Waals surface area contributed by atoms with Gasteiger partial charge in [-0.05, 0) is 51.4 Å². The van der Waals surface area contributed by atoms with Gasteiger partial charge < -0.3 is 5.32 Å². The first-order valence-corrected chi connectivity index (χ1v) is 9.65. The molecule has 23 heavy (non-hydrogen) atoms. The molecule has 1 aliphatic carbocycles. The first kappa shape index (κ1) is 18.5. The highest BCUT2D eigenvalue weighted by atomic mass is 15.2. The van der Waals surface area contributed by atoms with Gasteiger partial charge in [-0.15, -0.1) is 0 Å². The first-order chi connectivity index (χ1) is 11.1. The Hall–Kier alpha value is -0.860. The lowest BCUT2D eigenvalue weighted by Crippen LogP contribution is -2.45. The number of hydrogen-bond acceptors (Lipinski definition) is 2. The number of hydrogen-bond donors (Lipinski definition) is 1. The molecule has 1 aliphatic rings. The van der Waals surface area contributed by atoms with Crippen LogP contribution in [0.25, 0.3) is 0 Å². The van der Waals surface area contributed by atoms with Crippen molar-refractivity contribution in [1.82, 2.24) is 10.2 Å². The number of benzene rings is 1. The van der Waals surface area contributed by atoms with Crippen LogP contribution in [0.4, 0.5) is 0 Å². The van der Waals surface area contributed by atoms with Gasteiger partial charge in [0.05, 0.1) is 0 Å². The summed E-state index contributed by atoms with van der Waals surface area (Å²) in [6, 6.07) is 11.8. The molecule has 0 spiro atoms. The Kier molecular flexibility index (Phi) is 7.58. The van der Waals surface area contributed by atoms with E-state index in [4.69, 9.17) is 0 Å². The second-order valence-electron chi connectivity index (χ2n) is 7.55. The fourth-order valence-electron chi connectivity index (χ4n) is 4.03. The molecule has 1 N–H and O–H groups in total. The quantitative estimate of drug-likeness (QED) is 0.649. The third-order valence-electron chi connectivity index (χ3n) is 5.45. The van der Waals surface area contributed by atoms with E-state index >= 15 is 0 Å². The number of unbranched alkanes of at least 4 members (excludes halogenated alkanes) is 2. The van der Waals surface area contributed by atoms with Crippen molar-refractivity contribution >= 4 is 0 Å². The van der Waals surface area contributed by atoms with Crippen LogP contribution in [0.2, 0.25) is 0 Å². The van der Waals surface area contributed by atoms with E-state index in [1.165, 1.54) is 63.5 Å². The minimum atomic E-state index is 0.287. The van der Waals surface area contributed by atoms with Crippen molar-refractivity contribution in [3.8, 4) is 0 Å². The Morgan fingerprint density at radius 3 is 2.35 bits per heavy atom. The molecule has 2 heteroatoms. The molecule has 0 aromatic heterocycles. The molecule has 1 saturated carbocycles. The third-order valence-corrected chi connectivity index (χ3v) is 5.45. The maximum absolute atomic E-state index is 3.52. The van der Waals surface area contributed by atoms with Gasteiger partial charge in [0.15, 0.2) is 0 Å². The van der Waals surface area contributed by atoms with Crippen molar-refractivity contribution in [2.24, 2.45) is 0 Å². The van der Waals surface area contributed by atoms with Crippen LogP contribution < -0.4 is 5.32 Å². The topological polar surface area (TPSA) is 15.3 Å². The average molecular weight is 317 g/mol. The zero-order valence-electron chi connectivity index (χ0n) is 15.5. The Labute approximate surface area is 143 Å². The molecule has 0 amide bonds. The standard InChI is InChI=1S/C21H36N2/c1-19(2)22-17-11-6-12-18-23(3)21(15-9-5-10-16-21)20-13-7-4-8-14-20/h4,7-8,13-14,19,22H,5-6,9-12,15-18H2,1-3H3. The zero-order chi connectivity index (χ0) is 16.5. The minimum Gasteiger partial charge on any atom is -0.315 e. The second kappa shape index (κ2) is 9.44. The molecule has 0 bridgehead atoms. The highest BCUT2D eigenvalue weighted by molar-refractivity contribution is 5.25. The Morgan fingerprint density at radius 1 is 1.00 bits per heavy atom. The molecule has 0 radical (unpaired) electrons. The van der Waals surface area contributed by atoms with E-state index in [9.17, 15) is 0 Å². The molecule has 130 valence electrons. The fourth-order valence-corrected chi connectivity index (χ4v) is 4.03. The molecular formula is C21H36N2. The van der Waals surface area contributed by atoms with E-state index in [-0.39, 0.29) is 5.54 Å². The van der Waals surface area contributed by atoms with Gasteiger partial charge in [0.2, 0.25) is 0 Å². The fraction of sp³-hybridized carbons (Fsp3) is 0.714. The van der Waals surface area contributed by atoms with Crippen LogP contribution in [0.1, 0.15) is 70.8 Å². The Balaban J connectivity index is 1.87. The molecular weight excluding hydrogens is 280 g/mol. The van der Waals surface area contributed by atoms with E-state index in [0.29, 0.717) is 6.04 Å². The molecule has 0 heterocycles. The van der Waals surface area contributed by atoms with E-state index < -0.39 is 0 Å². The maximum atomic E-state index is 3.52. The number of nitrogens with one attached hydrogen (secondary N) is 1. The molecule has 1 aromatic rings. The van der Waals surface area contributed by atoms with Crippen LogP contribution in [0.5, 0.6) is 0 Å². The number of nitrogens with zero attached hydrogens (tertiary/aromatic N) is 1. The molecule has 1 fully saturated rings. The summed E-state index contributed by atoms with van der Waals surface area (Å²) in [4.78, 5) is 2.66. The summed E-state index contributed by atoms with van der Waals surface area (Å²) < 4.78 is 0. The summed E-state index contributed by atoms with van der Waals surface area (Å²) in [7, 11) is 2.35. The molecule has 0 atom stereocenters. The summed E-state index contributed by atoms with van der Waals surface area (Å²) >= 11 is 0. The highest BCUT2D eigenvalue weighted by Gasteiger charge is 2.37. The van der Waals surface area contributed by atoms with E-state index in [0.717, 1.165) is 6.54 Å². The lowest BCUT2D eigenvalue weighted by molar-refractivity contribution is 0.0707. The lowest BCUT2D eigenvalue weighted by atomic mass is 9.75. The zero-order valence-corrected chi connectivity index (χ0v) is 15.5. The number of rotatable bonds is 9. The van der Waals surface area contributed by atoms with Gasteiger partial charge >= 0.3 is 0 Å². The van der Waals surface area contributed by atoms with Crippen LogP contribution in [0, 0.1) is 0 Å². The predicted octanol–water partition coefficient (Wildman–Crippen LogP) is 4.95. The van der Waals surface area contributed by atoms with Crippen molar-refractivity contribution in [2.75, 3.05) is 20.1 Å². The van der Waals surface area contributed by atoms with Crippen LogP contribution in [0.15, 0.2) is 30.3 Å². The summed E-state index contributed by atoms with van der Waals surface area (Å²) in [5.41, 5.74) is 1.82. The normalized spacial score (nSPS) is 17.8. The van der Waals surface area contributed by atoms with Crippen LogP contribution >= 0.6 is 0 Å². The summed E-state index contributed by atoms with van der Waals surface area (Å²) in [5.74, 6) is 0. The molecule has 2 rings (SSSR count). The van der Waals surface area contributed by atoms with Crippen molar-refractivity contribution in [3.63, 3.8) is 0 Å². The monoisotopic (exact) mass is 316 g/mol. The van der Waals surface area contributed by atoms with Crippen molar-refractivity contribution in [3.05, 3.63) is 35.9 Å². The Morgan fingerprint density at radius 2 is 1.70 bits per heavy atom.